The summed E-state index contributed by atoms with van der Waals surface area (Å²) in [5.74, 6) is 1.92. The first-order chi connectivity index (χ1) is 13.6. The lowest BCUT2D eigenvalue weighted by Crippen LogP contribution is -2.07. The van der Waals surface area contributed by atoms with E-state index in [0.29, 0.717) is 17.6 Å². The molecule has 2 unspecified atom stereocenters. The minimum Gasteiger partial charge on any atom is -0.299 e. The van der Waals surface area contributed by atoms with Gasteiger partial charge in [-0.05, 0) is 75.0 Å². The SMILES string of the molecule is Cc1cccc(C(C)c2ccc(C3CC3)c(CCCCC3CCCC3=O)n2)c1.[HH]. The Labute approximate surface area is 171 Å². The zero-order chi connectivity index (χ0) is 19.5. The molecule has 0 saturated heterocycles. The molecule has 0 amide bonds. The third-order valence-corrected chi connectivity index (χ3v) is 6.68. The van der Waals surface area contributed by atoms with E-state index < -0.39 is 0 Å². The number of pyridine rings is 1. The molecule has 0 aliphatic heterocycles. The van der Waals surface area contributed by atoms with Gasteiger partial charge in [0.25, 0.3) is 0 Å². The fourth-order valence-corrected chi connectivity index (χ4v) is 4.72. The fourth-order valence-electron chi connectivity index (χ4n) is 4.72. The minimum absolute atomic E-state index is 0. The highest BCUT2D eigenvalue weighted by Gasteiger charge is 2.27. The average molecular weight is 378 g/mol. The van der Waals surface area contributed by atoms with E-state index in [0.717, 1.165) is 50.9 Å². The molecule has 0 radical (unpaired) electrons. The van der Waals surface area contributed by atoms with Gasteiger partial charge in [-0.3, -0.25) is 9.78 Å². The standard InChI is InChI=1S/C26H33NO.H2/c1-18-7-5-10-22(17-18)19(2)24-16-15-23(20-13-14-20)25(27-24)11-4-3-8-21-9-6-12-26(21)28;/h5,7,10,15-17,19-21H,3-4,6,8-9,11-14H2,1-2H3;1H. The van der Waals surface area contributed by atoms with Crippen LogP contribution in [0.25, 0.3) is 0 Å². The van der Waals surface area contributed by atoms with Crippen LogP contribution >= 0.6 is 0 Å². The maximum absolute atomic E-state index is 11.9. The quantitative estimate of drug-likeness (QED) is 0.476. The maximum atomic E-state index is 11.9. The molecular weight excluding hydrogens is 342 g/mol. The molecule has 2 atom stereocenters. The van der Waals surface area contributed by atoms with Crippen molar-refractivity contribution in [3.05, 3.63) is 64.5 Å². The van der Waals surface area contributed by atoms with Gasteiger partial charge in [0.05, 0.1) is 0 Å². The van der Waals surface area contributed by atoms with Crippen molar-refractivity contribution in [2.24, 2.45) is 5.92 Å². The van der Waals surface area contributed by atoms with Crippen LogP contribution in [0.1, 0.15) is 99.6 Å². The molecule has 2 aromatic rings. The third-order valence-electron chi connectivity index (χ3n) is 6.68. The van der Waals surface area contributed by atoms with Gasteiger partial charge in [0.2, 0.25) is 0 Å². The van der Waals surface area contributed by atoms with E-state index in [1.54, 1.807) is 0 Å². The Morgan fingerprint density at radius 2 is 2.00 bits per heavy atom. The summed E-state index contributed by atoms with van der Waals surface area (Å²) in [5.41, 5.74) is 6.64. The number of aromatic nitrogens is 1. The number of ketones is 1. The number of Topliss-reactive ketones (excluding diaryl/α,β-unsaturated/α-hetero) is 1. The Bertz CT molecular complexity index is 842. The van der Waals surface area contributed by atoms with Crippen molar-refractivity contribution in [3.8, 4) is 0 Å². The molecule has 2 nitrogen and oxygen atoms in total. The second kappa shape index (κ2) is 8.59. The summed E-state index contributed by atoms with van der Waals surface area (Å²) in [6.07, 6.45) is 10.1. The lowest BCUT2D eigenvalue weighted by atomic mass is 9.93. The van der Waals surface area contributed by atoms with Crippen molar-refractivity contribution < 1.29 is 6.22 Å². The van der Waals surface area contributed by atoms with Gasteiger partial charge in [0.1, 0.15) is 5.78 Å². The van der Waals surface area contributed by atoms with Crippen LogP contribution < -0.4 is 0 Å². The van der Waals surface area contributed by atoms with E-state index in [9.17, 15) is 4.79 Å². The summed E-state index contributed by atoms with van der Waals surface area (Å²) in [4.78, 5) is 17.0. The van der Waals surface area contributed by atoms with Gasteiger partial charge in [-0.2, -0.15) is 0 Å². The first-order valence-corrected chi connectivity index (χ1v) is 11.2. The smallest absolute Gasteiger partial charge is 0.135 e. The minimum atomic E-state index is 0. The van der Waals surface area contributed by atoms with Crippen LogP contribution in [0.2, 0.25) is 0 Å². The third kappa shape index (κ3) is 4.54. The van der Waals surface area contributed by atoms with Gasteiger partial charge in [-0.25, -0.2) is 0 Å². The van der Waals surface area contributed by atoms with Crippen LogP contribution in [-0.2, 0) is 11.2 Å². The number of nitrogens with zero attached hydrogens (tertiary/aromatic N) is 1. The largest absolute Gasteiger partial charge is 0.299 e. The zero-order valence-electron chi connectivity index (χ0n) is 17.4. The number of hydrogen-bond acceptors (Lipinski definition) is 2. The lowest BCUT2D eigenvalue weighted by Gasteiger charge is -2.16. The van der Waals surface area contributed by atoms with E-state index in [2.05, 4.69) is 50.2 Å². The summed E-state index contributed by atoms with van der Waals surface area (Å²) in [6, 6.07) is 13.4. The Kier molecular flexibility index (Phi) is 5.94. The van der Waals surface area contributed by atoms with Crippen molar-refractivity contribution in [1.29, 1.82) is 0 Å². The Morgan fingerprint density at radius 1 is 1.14 bits per heavy atom. The lowest BCUT2D eigenvalue weighted by molar-refractivity contribution is -0.120. The average Bonchev–Trinajstić information content (AvgIpc) is 3.46. The summed E-state index contributed by atoms with van der Waals surface area (Å²) in [5, 5.41) is 0. The van der Waals surface area contributed by atoms with Crippen LogP contribution in [-0.4, -0.2) is 10.8 Å². The van der Waals surface area contributed by atoms with Crippen molar-refractivity contribution in [3.63, 3.8) is 0 Å². The number of rotatable bonds is 8. The molecule has 28 heavy (non-hydrogen) atoms. The molecule has 0 spiro atoms. The Morgan fingerprint density at radius 3 is 2.71 bits per heavy atom. The topological polar surface area (TPSA) is 30.0 Å². The molecule has 0 bridgehead atoms. The molecular formula is C26H35NO. The maximum Gasteiger partial charge on any atom is 0.135 e. The summed E-state index contributed by atoms with van der Waals surface area (Å²) in [6.45, 7) is 4.42. The molecule has 1 heterocycles. The number of aryl methyl sites for hydroxylation is 2. The summed E-state index contributed by atoms with van der Waals surface area (Å²) < 4.78 is 0. The van der Waals surface area contributed by atoms with E-state index in [-0.39, 0.29) is 1.43 Å². The molecule has 1 aromatic heterocycles. The number of hydrogen-bond donors (Lipinski definition) is 0. The molecule has 2 heteroatoms. The normalized spacial score (nSPS) is 20.5. The van der Waals surface area contributed by atoms with Crippen LogP contribution in [0.3, 0.4) is 0 Å². The highest BCUT2D eigenvalue weighted by atomic mass is 16.1. The second-order valence-electron chi connectivity index (χ2n) is 8.98. The molecule has 2 fully saturated rings. The molecule has 2 saturated carbocycles. The molecule has 1 aromatic carbocycles. The Hall–Kier alpha value is -1.96. The fraction of sp³-hybridized carbons (Fsp3) is 0.538. The van der Waals surface area contributed by atoms with E-state index >= 15 is 0 Å². The van der Waals surface area contributed by atoms with Crippen LogP contribution in [0.5, 0.6) is 0 Å². The van der Waals surface area contributed by atoms with Crippen molar-refractivity contribution in [1.82, 2.24) is 4.98 Å². The van der Waals surface area contributed by atoms with Crippen LogP contribution in [0.15, 0.2) is 36.4 Å². The van der Waals surface area contributed by atoms with Crippen molar-refractivity contribution in [2.45, 2.75) is 83.5 Å². The zero-order valence-corrected chi connectivity index (χ0v) is 17.4. The second-order valence-corrected chi connectivity index (χ2v) is 8.98. The first kappa shape index (κ1) is 19.4. The molecule has 150 valence electrons. The monoisotopic (exact) mass is 377 g/mol. The van der Waals surface area contributed by atoms with E-state index in [1.807, 2.05) is 0 Å². The van der Waals surface area contributed by atoms with Crippen molar-refractivity contribution >= 4 is 5.78 Å². The first-order valence-electron chi connectivity index (χ1n) is 11.2. The summed E-state index contributed by atoms with van der Waals surface area (Å²) in [7, 11) is 0. The number of carbonyl (C=O) groups is 1. The highest BCUT2D eigenvalue weighted by molar-refractivity contribution is 5.82. The molecule has 2 aliphatic rings. The van der Waals surface area contributed by atoms with E-state index in [1.165, 1.54) is 40.9 Å². The number of unbranched alkanes of at least 4 members (excludes halogenated alkanes) is 1. The van der Waals surface area contributed by atoms with Crippen LogP contribution in [0, 0.1) is 12.8 Å². The van der Waals surface area contributed by atoms with Gasteiger partial charge >= 0.3 is 0 Å². The van der Waals surface area contributed by atoms with Crippen LogP contribution in [0.4, 0.5) is 0 Å². The van der Waals surface area contributed by atoms with Gasteiger partial charge in [0, 0.05) is 31.1 Å². The summed E-state index contributed by atoms with van der Waals surface area (Å²) >= 11 is 0. The number of carbonyl (C=O) groups excluding carboxylic acids is 1. The Balaban J connectivity index is 0.00000240. The van der Waals surface area contributed by atoms with E-state index in [4.69, 9.17) is 4.98 Å². The molecule has 2 aliphatic carbocycles. The predicted octanol–water partition coefficient (Wildman–Crippen LogP) is 6.75. The van der Waals surface area contributed by atoms with Gasteiger partial charge in [-0.15, -0.1) is 0 Å². The van der Waals surface area contributed by atoms with Gasteiger partial charge < -0.3 is 0 Å². The molecule has 4 rings (SSSR count). The number of benzene rings is 1. The van der Waals surface area contributed by atoms with Gasteiger partial charge in [0.15, 0.2) is 0 Å². The molecule has 0 N–H and O–H groups in total. The highest BCUT2D eigenvalue weighted by Crippen LogP contribution is 2.42. The van der Waals surface area contributed by atoms with Crippen molar-refractivity contribution in [2.75, 3.05) is 0 Å². The predicted molar refractivity (Wildman–Crippen MR) is 117 cm³/mol. The van der Waals surface area contributed by atoms with Gasteiger partial charge in [-0.1, -0.05) is 49.2 Å².